The van der Waals surface area contributed by atoms with Crippen LogP contribution in [0.5, 0.6) is 5.75 Å². The molecule has 0 aliphatic rings. The molecule has 0 aliphatic carbocycles. The summed E-state index contributed by atoms with van der Waals surface area (Å²) in [6.07, 6.45) is 1.60. The summed E-state index contributed by atoms with van der Waals surface area (Å²) in [6, 6.07) is 21.9. The molecule has 7 nitrogen and oxygen atoms in total. The first kappa shape index (κ1) is 28.2. The Morgan fingerprint density at radius 1 is 1.03 bits per heavy atom. The van der Waals surface area contributed by atoms with E-state index in [1.807, 2.05) is 68.4 Å². The number of carbonyl (C=O) groups excluding carboxylic acids is 2. The van der Waals surface area contributed by atoms with Crippen LogP contribution in [-0.4, -0.2) is 46.7 Å². The van der Waals surface area contributed by atoms with Crippen molar-refractivity contribution in [3.63, 3.8) is 0 Å². The van der Waals surface area contributed by atoms with Crippen molar-refractivity contribution in [2.45, 2.75) is 26.7 Å². The van der Waals surface area contributed by atoms with Gasteiger partial charge >= 0.3 is 0 Å². The van der Waals surface area contributed by atoms with Crippen LogP contribution in [0.4, 0.5) is 5.82 Å². The summed E-state index contributed by atoms with van der Waals surface area (Å²) in [6.45, 7) is 4.18. The zero-order valence-corrected chi connectivity index (χ0v) is 23.6. The molecule has 202 valence electrons. The van der Waals surface area contributed by atoms with Crippen LogP contribution >= 0.6 is 23.2 Å². The SMILES string of the molecule is CCCCN(CC(=O)Nc1c(-c2ccccc2)c(C)nn1-c1ccc(OC)cc1)C(=O)c1ccc(Cl)cc1Cl. The first-order valence-corrected chi connectivity index (χ1v) is 13.4. The number of anilines is 1. The maximum absolute atomic E-state index is 13.5. The fourth-order valence-corrected chi connectivity index (χ4v) is 4.77. The van der Waals surface area contributed by atoms with Gasteiger partial charge in [0.1, 0.15) is 18.1 Å². The van der Waals surface area contributed by atoms with Crippen LogP contribution in [0.25, 0.3) is 16.8 Å². The Kier molecular flexibility index (Phi) is 9.28. The van der Waals surface area contributed by atoms with Crippen LogP contribution in [0, 0.1) is 6.92 Å². The largest absolute Gasteiger partial charge is 0.497 e. The molecule has 0 aliphatic heterocycles. The minimum atomic E-state index is -0.351. The first-order chi connectivity index (χ1) is 18.8. The normalized spacial score (nSPS) is 10.8. The Bertz CT molecular complexity index is 1450. The molecule has 39 heavy (non-hydrogen) atoms. The number of carbonyl (C=O) groups is 2. The number of rotatable bonds is 10. The summed E-state index contributed by atoms with van der Waals surface area (Å²) in [7, 11) is 1.61. The fraction of sp³-hybridized carbons (Fsp3) is 0.233. The smallest absolute Gasteiger partial charge is 0.255 e. The molecule has 1 heterocycles. The van der Waals surface area contributed by atoms with E-state index in [0.717, 1.165) is 35.3 Å². The van der Waals surface area contributed by atoms with Crippen molar-refractivity contribution >= 4 is 40.8 Å². The van der Waals surface area contributed by atoms with E-state index in [1.54, 1.807) is 23.9 Å². The summed E-state index contributed by atoms with van der Waals surface area (Å²) in [5.41, 5.74) is 3.51. The number of halogens is 2. The molecule has 3 aromatic carbocycles. The molecule has 1 aromatic heterocycles. The molecule has 0 unspecified atom stereocenters. The van der Waals surface area contributed by atoms with Crippen LogP contribution in [0.15, 0.2) is 72.8 Å². The molecule has 0 saturated carbocycles. The molecular weight excluding hydrogens is 535 g/mol. The molecule has 0 radical (unpaired) electrons. The fourth-order valence-electron chi connectivity index (χ4n) is 4.28. The van der Waals surface area contributed by atoms with E-state index >= 15 is 0 Å². The summed E-state index contributed by atoms with van der Waals surface area (Å²) < 4.78 is 6.99. The van der Waals surface area contributed by atoms with Gasteiger partial charge in [0, 0.05) is 17.1 Å². The number of amides is 2. The van der Waals surface area contributed by atoms with E-state index in [-0.39, 0.29) is 23.4 Å². The molecule has 0 bridgehead atoms. The summed E-state index contributed by atoms with van der Waals surface area (Å²) >= 11 is 12.3. The van der Waals surface area contributed by atoms with Gasteiger partial charge < -0.3 is 15.0 Å². The maximum Gasteiger partial charge on any atom is 0.255 e. The van der Waals surface area contributed by atoms with Crippen molar-refractivity contribution in [3.05, 3.63) is 94.1 Å². The van der Waals surface area contributed by atoms with Crippen LogP contribution < -0.4 is 10.1 Å². The highest BCUT2D eigenvalue weighted by Crippen LogP contribution is 2.34. The highest BCUT2D eigenvalue weighted by Gasteiger charge is 2.24. The molecular formula is C30H30Cl2N4O3. The number of aromatic nitrogens is 2. The molecule has 9 heteroatoms. The average Bonchev–Trinajstić information content (AvgIpc) is 3.26. The molecule has 2 amide bonds. The van der Waals surface area contributed by atoms with Gasteiger partial charge in [-0.2, -0.15) is 5.10 Å². The minimum Gasteiger partial charge on any atom is -0.497 e. The van der Waals surface area contributed by atoms with E-state index in [9.17, 15) is 9.59 Å². The third-order valence-electron chi connectivity index (χ3n) is 6.26. The molecule has 0 fully saturated rings. The summed E-state index contributed by atoms with van der Waals surface area (Å²) in [5, 5.41) is 8.47. The number of methoxy groups -OCH3 is 1. The summed E-state index contributed by atoms with van der Waals surface area (Å²) in [5.74, 6) is 0.545. The topological polar surface area (TPSA) is 76.5 Å². The highest BCUT2D eigenvalue weighted by molar-refractivity contribution is 6.36. The predicted molar refractivity (Wildman–Crippen MR) is 156 cm³/mol. The lowest BCUT2D eigenvalue weighted by Gasteiger charge is -2.23. The van der Waals surface area contributed by atoms with Crippen LogP contribution in [0.3, 0.4) is 0 Å². The Labute approximate surface area is 238 Å². The van der Waals surface area contributed by atoms with Gasteiger partial charge in [0.05, 0.1) is 29.1 Å². The average molecular weight is 566 g/mol. The monoisotopic (exact) mass is 564 g/mol. The lowest BCUT2D eigenvalue weighted by atomic mass is 10.1. The van der Waals surface area contributed by atoms with Crippen LogP contribution in [0.2, 0.25) is 10.0 Å². The third kappa shape index (κ3) is 6.61. The van der Waals surface area contributed by atoms with Gasteiger partial charge in [0.25, 0.3) is 5.91 Å². The van der Waals surface area contributed by atoms with E-state index in [1.165, 1.54) is 11.0 Å². The van der Waals surface area contributed by atoms with Crippen LogP contribution in [-0.2, 0) is 4.79 Å². The van der Waals surface area contributed by atoms with Crippen LogP contribution in [0.1, 0.15) is 35.8 Å². The van der Waals surface area contributed by atoms with Crippen molar-refractivity contribution in [1.29, 1.82) is 0 Å². The lowest BCUT2D eigenvalue weighted by Crippen LogP contribution is -2.39. The van der Waals surface area contributed by atoms with Gasteiger partial charge in [-0.05, 0) is 61.4 Å². The number of hydrogen-bond acceptors (Lipinski definition) is 4. The Morgan fingerprint density at radius 2 is 1.74 bits per heavy atom. The van der Waals surface area contributed by atoms with Gasteiger partial charge in [-0.1, -0.05) is 66.9 Å². The number of nitrogens with one attached hydrogen (secondary N) is 1. The van der Waals surface area contributed by atoms with Crippen molar-refractivity contribution in [2.24, 2.45) is 0 Å². The minimum absolute atomic E-state index is 0.154. The Morgan fingerprint density at radius 3 is 2.38 bits per heavy atom. The maximum atomic E-state index is 13.5. The number of benzene rings is 3. The Balaban J connectivity index is 1.68. The molecule has 4 aromatic rings. The molecule has 0 atom stereocenters. The van der Waals surface area contributed by atoms with Gasteiger partial charge in [-0.25, -0.2) is 4.68 Å². The van der Waals surface area contributed by atoms with Gasteiger partial charge in [-0.3, -0.25) is 9.59 Å². The van der Waals surface area contributed by atoms with E-state index < -0.39 is 0 Å². The number of ether oxygens (including phenoxy) is 1. The first-order valence-electron chi connectivity index (χ1n) is 12.7. The summed E-state index contributed by atoms with van der Waals surface area (Å²) in [4.78, 5) is 28.4. The molecule has 4 rings (SSSR count). The van der Waals surface area contributed by atoms with Gasteiger partial charge in [-0.15, -0.1) is 0 Å². The van der Waals surface area contributed by atoms with Crippen molar-refractivity contribution in [2.75, 3.05) is 25.5 Å². The number of hydrogen-bond donors (Lipinski definition) is 1. The lowest BCUT2D eigenvalue weighted by molar-refractivity contribution is -0.116. The number of unbranched alkanes of at least 4 members (excludes halogenated alkanes) is 1. The van der Waals surface area contributed by atoms with Gasteiger partial charge in [0.2, 0.25) is 5.91 Å². The highest BCUT2D eigenvalue weighted by atomic mass is 35.5. The second-order valence-electron chi connectivity index (χ2n) is 9.04. The predicted octanol–water partition coefficient (Wildman–Crippen LogP) is 7.04. The third-order valence-corrected chi connectivity index (χ3v) is 6.81. The van der Waals surface area contributed by atoms with Crippen molar-refractivity contribution in [3.8, 4) is 22.6 Å². The van der Waals surface area contributed by atoms with E-state index in [0.29, 0.717) is 28.7 Å². The molecule has 0 spiro atoms. The second-order valence-corrected chi connectivity index (χ2v) is 9.88. The Hall–Kier alpha value is -3.81. The second kappa shape index (κ2) is 12.8. The number of aryl methyl sites for hydroxylation is 1. The number of nitrogens with zero attached hydrogens (tertiary/aromatic N) is 3. The molecule has 0 saturated heterocycles. The standard InChI is InChI=1S/C30H30Cl2N4O3/c1-4-5-17-35(30(38)25-16-11-22(31)18-26(25)32)19-27(37)33-29-28(21-9-7-6-8-10-21)20(2)34-36(29)23-12-14-24(39-3)15-13-23/h6-16,18H,4-5,17,19H2,1-3H3,(H,33,37). The zero-order valence-electron chi connectivity index (χ0n) is 22.1. The van der Waals surface area contributed by atoms with Crippen molar-refractivity contribution in [1.82, 2.24) is 14.7 Å². The van der Waals surface area contributed by atoms with Gasteiger partial charge in [0.15, 0.2) is 0 Å². The van der Waals surface area contributed by atoms with E-state index in [4.69, 9.17) is 33.0 Å². The zero-order chi connectivity index (χ0) is 27.9. The van der Waals surface area contributed by atoms with E-state index in [2.05, 4.69) is 5.32 Å². The quantitative estimate of drug-likeness (QED) is 0.224. The van der Waals surface area contributed by atoms with Crippen molar-refractivity contribution < 1.29 is 14.3 Å². The molecule has 1 N–H and O–H groups in total.